The molecule has 0 aliphatic rings. The molecular formula is C9H8N2O6S. The molecule has 0 bridgehead atoms. The lowest BCUT2D eigenvalue weighted by Gasteiger charge is -2.03. The molecule has 0 aliphatic carbocycles. The van der Waals surface area contributed by atoms with E-state index in [0.717, 1.165) is 23.9 Å². The van der Waals surface area contributed by atoms with Gasteiger partial charge in [-0.2, -0.15) is 0 Å². The molecule has 18 heavy (non-hydrogen) atoms. The minimum Gasteiger partial charge on any atom is -0.481 e. The third-order valence-corrected chi connectivity index (χ3v) is 3.04. The van der Waals surface area contributed by atoms with Gasteiger partial charge in [-0.3, -0.25) is 25.0 Å². The first-order chi connectivity index (χ1) is 8.32. The predicted molar refractivity (Wildman–Crippen MR) is 62.8 cm³/mol. The van der Waals surface area contributed by atoms with Crippen LogP contribution in [-0.2, 0) is 4.79 Å². The quantitative estimate of drug-likeness (QED) is 0.493. The molecule has 0 saturated carbocycles. The SMILES string of the molecule is Cc1c([N+](=O)[O-])cc(SCC(=O)O)cc1[N+](=O)[O-]. The van der Waals surface area contributed by atoms with Crippen LogP contribution in [0.25, 0.3) is 0 Å². The van der Waals surface area contributed by atoms with Crippen LogP contribution in [0.1, 0.15) is 5.56 Å². The average Bonchev–Trinajstić information content (AvgIpc) is 2.26. The summed E-state index contributed by atoms with van der Waals surface area (Å²) in [5.74, 6) is -1.43. The van der Waals surface area contributed by atoms with E-state index in [9.17, 15) is 25.0 Å². The Hall–Kier alpha value is -2.16. The second-order valence-corrected chi connectivity index (χ2v) is 4.33. The number of carboxylic acids is 1. The van der Waals surface area contributed by atoms with E-state index in [1.165, 1.54) is 6.92 Å². The highest BCUT2D eigenvalue weighted by atomic mass is 32.2. The summed E-state index contributed by atoms with van der Waals surface area (Å²) in [4.78, 5) is 30.6. The molecule has 0 atom stereocenters. The molecule has 9 heteroatoms. The van der Waals surface area contributed by atoms with E-state index in [-0.39, 0.29) is 16.2 Å². The van der Waals surface area contributed by atoms with E-state index < -0.39 is 27.2 Å². The molecule has 1 rings (SSSR count). The van der Waals surface area contributed by atoms with Gasteiger partial charge in [0.2, 0.25) is 0 Å². The molecule has 1 aromatic rings. The molecular weight excluding hydrogens is 264 g/mol. The van der Waals surface area contributed by atoms with Crippen molar-refractivity contribution in [2.45, 2.75) is 11.8 Å². The number of nitro benzene ring substituents is 2. The standard InChI is InChI=1S/C9H8N2O6S/c1-5-7(10(14)15)2-6(18-4-9(12)13)3-8(5)11(16)17/h2-3H,4H2,1H3,(H,12,13). The minimum atomic E-state index is -1.11. The van der Waals surface area contributed by atoms with Gasteiger partial charge in [0, 0.05) is 17.0 Å². The molecule has 0 amide bonds. The predicted octanol–water partition coefficient (Wildman–Crippen LogP) is 1.99. The van der Waals surface area contributed by atoms with E-state index >= 15 is 0 Å². The number of benzene rings is 1. The van der Waals surface area contributed by atoms with E-state index in [1.54, 1.807) is 0 Å². The van der Waals surface area contributed by atoms with Crippen LogP contribution in [-0.4, -0.2) is 26.7 Å². The van der Waals surface area contributed by atoms with Gasteiger partial charge in [0.25, 0.3) is 11.4 Å². The highest BCUT2D eigenvalue weighted by molar-refractivity contribution is 8.00. The molecule has 8 nitrogen and oxygen atoms in total. The Balaban J connectivity index is 3.24. The summed E-state index contributed by atoms with van der Waals surface area (Å²) in [5.41, 5.74) is -0.834. The molecule has 0 radical (unpaired) electrons. The molecule has 0 heterocycles. The van der Waals surface area contributed by atoms with Gasteiger partial charge in [-0.15, -0.1) is 11.8 Å². The number of carbonyl (C=O) groups is 1. The van der Waals surface area contributed by atoms with Crippen LogP contribution in [0.15, 0.2) is 17.0 Å². The van der Waals surface area contributed by atoms with E-state index in [0.29, 0.717) is 0 Å². The molecule has 96 valence electrons. The summed E-state index contributed by atoms with van der Waals surface area (Å²) in [6.45, 7) is 1.28. The number of carboxylic acid groups (broad SMARTS) is 1. The maximum absolute atomic E-state index is 10.7. The third-order valence-electron chi connectivity index (χ3n) is 2.08. The fourth-order valence-corrected chi connectivity index (χ4v) is 1.95. The normalized spacial score (nSPS) is 10.1. The van der Waals surface area contributed by atoms with Gasteiger partial charge < -0.3 is 5.11 Å². The van der Waals surface area contributed by atoms with Crippen molar-refractivity contribution in [3.63, 3.8) is 0 Å². The number of nitro groups is 2. The van der Waals surface area contributed by atoms with Gasteiger partial charge in [-0.25, -0.2) is 0 Å². The Kier molecular flexibility index (Phi) is 4.21. The van der Waals surface area contributed by atoms with Crippen LogP contribution in [0.5, 0.6) is 0 Å². The Labute approximate surface area is 105 Å². The Morgan fingerprint density at radius 1 is 1.28 bits per heavy atom. The zero-order valence-electron chi connectivity index (χ0n) is 9.15. The maximum atomic E-state index is 10.7. The van der Waals surface area contributed by atoms with Crippen LogP contribution < -0.4 is 0 Å². The van der Waals surface area contributed by atoms with Crippen molar-refractivity contribution in [1.82, 2.24) is 0 Å². The van der Waals surface area contributed by atoms with Gasteiger partial charge in [0.1, 0.15) is 5.56 Å². The summed E-state index contributed by atoms with van der Waals surface area (Å²) < 4.78 is 0. The zero-order valence-corrected chi connectivity index (χ0v) is 9.97. The lowest BCUT2D eigenvalue weighted by atomic mass is 10.1. The summed E-state index contributed by atoms with van der Waals surface area (Å²) in [7, 11) is 0. The number of nitrogens with zero attached hydrogens (tertiary/aromatic N) is 2. The van der Waals surface area contributed by atoms with E-state index in [2.05, 4.69) is 0 Å². The number of hydrogen-bond acceptors (Lipinski definition) is 6. The zero-order chi connectivity index (χ0) is 13.9. The highest BCUT2D eigenvalue weighted by Gasteiger charge is 2.23. The monoisotopic (exact) mass is 272 g/mol. The fraction of sp³-hybridized carbons (Fsp3) is 0.222. The van der Waals surface area contributed by atoms with Crippen molar-refractivity contribution < 1.29 is 19.7 Å². The molecule has 0 aliphatic heterocycles. The number of rotatable bonds is 5. The highest BCUT2D eigenvalue weighted by Crippen LogP contribution is 2.33. The Bertz CT molecular complexity index is 495. The van der Waals surface area contributed by atoms with Gasteiger partial charge in [0.05, 0.1) is 15.6 Å². The lowest BCUT2D eigenvalue weighted by Crippen LogP contribution is -2.00. The molecule has 0 unspecified atom stereocenters. The third kappa shape index (κ3) is 3.17. The smallest absolute Gasteiger partial charge is 0.313 e. The summed E-state index contributed by atoms with van der Waals surface area (Å²) in [6.07, 6.45) is 0. The minimum absolute atomic E-state index is 0.0512. The van der Waals surface area contributed by atoms with E-state index in [4.69, 9.17) is 5.11 Å². The number of thioether (sulfide) groups is 1. The average molecular weight is 272 g/mol. The summed E-state index contributed by atoms with van der Waals surface area (Å²) in [6, 6.07) is 2.27. The number of aliphatic carboxylic acids is 1. The maximum Gasteiger partial charge on any atom is 0.313 e. The first kappa shape index (κ1) is 13.9. The first-order valence-electron chi connectivity index (χ1n) is 4.61. The summed E-state index contributed by atoms with van der Waals surface area (Å²) in [5, 5.41) is 30.0. The topological polar surface area (TPSA) is 124 Å². The van der Waals surface area contributed by atoms with Crippen molar-refractivity contribution in [3.8, 4) is 0 Å². The van der Waals surface area contributed by atoms with Gasteiger partial charge >= 0.3 is 5.97 Å². The molecule has 0 aromatic heterocycles. The van der Waals surface area contributed by atoms with Crippen molar-refractivity contribution in [2.75, 3.05) is 5.75 Å². The van der Waals surface area contributed by atoms with E-state index in [1.807, 2.05) is 0 Å². The molecule has 0 fully saturated rings. The van der Waals surface area contributed by atoms with Crippen molar-refractivity contribution in [2.24, 2.45) is 0 Å². The molecule has 1 aromatic carbocycles. The van der Waals surface area contributed by atoms with Crippen LogP contribution in [0.3, 0.4) is 0 Å². The molecule has 0 spiro atoms. The molecule has 0 saturated heterocycles. The fourth-order valence-electron chi connectivity index (χ4n) is 1.27. The summed E-state index contributed by atoms with van der Waals surface area (Å²) >= 11 is 0.792. The lowest BCUT2D eigenvalue weighted by molar-refractivity contribution is -0.395. The second kappa shape index (κ2) is 5.45. The van der Waals surface area contributed by atoms with Crippen LogP contribution in [0, 0.1) is 27.2 Å². The largest absolute Gasteiger partial charge is 0.481 e. The Morgan fingerprint density at radius 2 is 1.72 bits per heavy atom. The van der Waals surface area contributed by atoms with Gasteiger partial charge in [0.15, 0.2) is 0 Å². The molecule has 1 N–H and O–H groups in total. The number of hydrogen-bond donors (Lipinski definition) is 1. The van der Waals surface area contributed by atoms with Crippen LogP contribution in [0.4, 0.5) is 11.4 Å². The van der Waals surface area contributed by atoms with Gasteiger partial charge in [-0.05, 0) is 6.92 Å². The van der Waals surface area contributed by atoms with Gasteiger partial charge in [-0.1, -0.05) is 0 Å². The van der Waals surface area contributed by atoms with Crippen molar-refractivity contribution >= 4 is 29.1 Å². The second-order valence-electron chi connectivity index (χ2n) is 3.28. The van der Waals surface area contributed by atoms with Crippen molar-refractivity contribution in [1.29, 1.82) is 0 Å². The van der Waals surface area contributed by atoms with Crippen LogP contribution in [0.2, 0.25) is 0 Å². The van der Waals surface area contributed by atoms with Crippen LogP contribution >= 0.6 is 11.8 Å². The first-order valence-corrected chi connectivity index (χ1v) is 5.59. The van der Waals surface area contributed by atoms with Crippen molar-refractivity contribution in [3.05, 3.63) is 37.9 Å². The Morgan fingerprint density at radius 3 is 2.06 bits per heavy atom.